The second kappa shape index (κ2) is 8.40. The van der Waals surface area contributed by atoms with E-state index in [9.17, 15) is 9.59 Å². The summed E-state index contributed by atoms with van der Waals surface area (Å²) < 4.78 is 0. The van der Waals surface area contributed by atoms with Crippen LogP contribution in [0.3, 0.4) is 0 Å². The summed E-state index contributed by atoms with van der Waals surface area (Å²) in [6.45, 7) is 2.79. The Morgan fingerprint density at radius 2 is 1.57 bits per heavy atom. The first-order valence-electron chi connectivity index (χ1n) is 8.75. The first kappa shape index (κ1) is 16.3. The SMILES string of the molecule is C[C@H]1CCCC[C@H]1NC(=O)C(=O)NCCC1CCCCC1. The van der Waals surface area contributed by atoms with E-state index in [4.69, 9.17) is 0 Å². The van der Waals surface area contributed by atoms with Crippen LogP contribution in [0.15, 0.2) is 0 Å². The molecule has 2 saturated carbocycles. The predicted molar refractivity (Wildman–Crippen MR) is 83.8 cm³/mol. The van der Waals surface area contributed by atoms with Crippen molar-refractivity contribution in [2.75, 3.05) is 6.54 Å². The average Bonchev–Trinajstić information content (AvgIpc) is 2.50. The van der Waals surface area contributed by atoms with E-state index in [0.717, 1.165) is 31.6 Å². The molecule has 4 heteroatoms. The summed E-state index contributed by atoms with van der Waals surface area (Å²) in [7, 11) is 0. The van der Waals surface area contributed by atoms with E-state index in [1.807, 2.05) is 0 Å². The molecule has 2 N–H and O–H groups in total. The van der Waals surface area contributed by atoms with Crippen LogP contribution in [0.25, 0.3) is 0 Å². The lowest BCUT2D eigenvalue weighted by atomic mass is 9.86. The predicted octanol–water partition coefficient (Wildman–Crippen LogP) is 2.77. The molecule has 0 spiro atoms. The van der Waals surface area contributed by atoms with E-state index >= 15 is 0 Å². The molecule has 2 fully saturated rings. The fourth-order valence-electron chi connectivity index (χ4n) is 3.71. The van der Waals surface area contributed by atoms with Gasteiger partial charge in [0.25, 0.3) is 0 Å². The Morgan fingerprint density at radius 3 is 2.29 bits per heavy atom. The highest BCUT2D eigenvalue weighted by molar-refractivity contribution is 6.35. The molecule has 2 amide bonds. The maximum Gasteiger partial charge on any atom is 0.309 e. The minimum absolute atomic E-state index is 0.176. The van der Waals surface area contributed by atoms with Gasteiger partial charge in [0.2, 0.25) is 0 Å². The maximum absolute atomic E-state index is 11.9. The number of carbonyl (C=O) groups excluding carboxylic acids is 2. The molecular formula is C17H30N2O2. The third kappa shape index (κ3) is 5.33. The monoisotopic (exact) mass is 294 g/mol. The second-order valence-electron chi connectivity index (χ2n) is 6.89. The van der Waals surface area contributed by atoms with Gasteiger partial charge in [-0.1, -0.05) is 51.9 Å². The van der Waals surface area contributed by atoms with Crippen LogP contribution in [-0.4, -0.2) is 24.4 Å². The molecule has 2 aliphatic rings. The Kier molecular flexibility index (Phi) is 6.52. The zero-order valence-electron chi connectivity index (χ0n) is 13.3. The molecular weight excluding hydrogens is 264 g/mol. The summed E-state index contributed by atoms with van der Waals surface area (Å²) in [5.74, 6) is 0.319. The van der Waals surface area contributed by atoms with Gasteiger partial charge in [-0.05, 0) is 31.1 Å². The fraction of sp³-hybridized carbons (Fsp3) is 0.882. The van der Waals surface area contributed by atoms with Crippen molar-refractivity contribution in [2.24, 2.45) is 11.8 Å². The van der Waals surface area contributed by atoms with E-state index in [-0.39, 0.29) is 6.04 Å². The Bertz CT molecular complexity index is 351. The van der Waals surface area contributed by atoms with Crippen LogP contribution >= 0.6 is 0 Å². The highest BCUT2D eigenvalue weighted by Crippen LogP contribution is 2.26. The first-order valence-corrected chi connectivity index (χ1v) is 8.75. The van der Waals surface area contributed by atoms with Gasteiger partial charge in [0.1, 0.15) is 0 Å². The molecule has 0 aromatic carbocycles. The minimum atomic E-state index is -0.455. The molecule has 0 unspecified atom stereocenters. The van der Waals surface area contributed by atoms with E-state index in [1.54, 1.807) is 0 Å². The van der Waals surface area contributed by atoms with Crippen LogP contribution < -0.4 is 10.6 Å². The molecule has 0 saturated heterocycles. The standard InChI is InChI=1S/C17H30N2O2/c1-13-7-5-6-10-15(13)19-17(21)16(20)18-12-11-14-8-3-2-4-9-14/h13-15H,2-12H2,1H3,(H,18,20)(H,19,21)/t13-,15+/m0/s1. The molecule has 0 aromatic heterocycles. The van der Waals surface area contributed by atoms with E-state index < -0.39 is 11.8 Å². The lowest BCUT2D eigenvalue weighted by Gasteiger charge is -2.29. The summed E-state index contributed by atoms with van der Waals surface area (Å²) in [5, 5.41) is 5.69. The summed E-state index contributed by atoms with van der Waals surface area (Å²) in [4.78, 5) is 23.8. The van der Waals surface area contributed by atoms with Gasteiger partial charge >= 0.3 is 11.8 Å². The van der Waals surface area contributed by atoms with Crippen molar-refractivity contribution in [2.45, 2.75) is 77.2 Å². The van der Waals surface area contributed by atoms with Gasteiger partial charge in [0, 0.05) is 12.6 Å². The van der Waals surface area contributed by atoms with E-state index in [0.29, 0.717) is 12.5 Å². The molecule has 0 radical (unpaired) electrons. The first-order chi connectivity index (χ1) is 10.2. The molecule has 0 aliphatic heterocycles. The Hall–Kier alpha value is -1.06. The van der Waals surface area contributed by atoms with Crippen molar-refractivity contribution >= 4 is 11.8 Å². The summed E-state index contributed by atoms with van der Waals surface area (Å²) in [5.41, 5.74) is 0. The Labute approximate surface area is 128 Å². The Balaban J connectivity index is 1.63. The topological polar surface area (TPSA) is 58.2 Å². The summed E-state index contributed by atoms with van der Waals surface area (Å²) in [6, 6.07) is 0.176. The highest BCUT2D eigenvalue weighted by Gasteiger charge is 2.25. The van der Waals surface area contributed by atoms with Gasteiger partial charge in [0.05, 0.1) is 0 Å². The fourth-order valence-corrected chi connectivity index (χ4v) is 3.71. The molecule has 0 aromatic rings. The number of nitrogens with one attached hydrogen (secondary N) is 2. The van der Waals surface area contributed by atoms with Crippen molar-refractivity contribution in [3.8, 4) is 0 Å². The van der Waals surface area contributed by atoms with Crippen LogP contribution in [0.2, 0.25) is 0 Å². The van der Waals surface area contributed by atoms with Crippen molar-refractivity contribution < 1.29 is 9.59 Å². The molecule has 0 bridgehead atoms. The highest BCUT2D eigenvalue weighted by atomic mass is 16.2. The molecule has 0 heterocycles. The quantitative estimate of drug-likeness (QED) is 0.783. The molecule has 2 atom stereocenters. The summed E-state index contributed by atoms with van der Waals surface area (Å²) in [6.07, 6.45) is 12.1. The van der Waals surface area contributed by atoms with Crippen LogP contribution in [0.4, 0.5) is 0 Å². The van der Waals surface area contributed by atoms with Crippen LogP contribution in [0.1, 0.15) is 71.1 Å². The van der Waals surface area contributed by atoms with Gasteiger partial charge in [-0.25, -0.2) is 0 Å². The van der Waals surface area contributed by atoms with Gasteiger partial charge in [-0.2, -0.15) is 0 Å². The van der Waals surface area contributed by atoms with Gasteiger partial charge in [0.15, 0.2) is 0 Å². The van der Waals surface area contributed by atoms with Gasteiger partial charge < -0.3 is 10.6 Å². The van der Waals surface area contributed by atoms with Crippen LogP contribution in [0.5, 0.6) is 0 Å². The lowest BCUT2D eigenvalue weighted by molar-refractivity contribution is -0.140. The largest absolute Gasteiger partial charge is 0.348 e. The van der Waals surface area contributed by atoms with E-state index in [2.05, 4.69) is 17.6 Å². The third-order valence-corrected chi connectivity index (χ3v) is 5.20. The number of hydrogen-bond donors (Lipinski definition) is 2. The third-order valence-electron chi connectivity index (χ3n) is 5.20. The molecule has 21 heavy (non-hydrogen) atoms. The normalized spacial score (nSPS) is 27.1. The zero-order chi connectivity index (χ0) is 15.1. The molecule has 120 valence electrons. The van der Waals surface area contributed by atoms with E-state index in [1.165, 1.54) is 38.5 Å². The molecule has 4 nitrogen and oxygen atoms in total. The summed E-state index contributed by atoms with van der Waals surface area (Å²) >= 11 is 0. The van der Waals surface area contributed by atoms with Crippen molar-refractivity contribution in [3.63, 3.8) is 0 Å². The van der Waals surface area contributed by atoms with Crippen molar-refractivity contribution in [1.82, 2.24) is 10.6 Å². The van der Waals surface area contributed by atoms with Gasteiger partial charge in [-0.3, -0.25) is 9.59 Å². The van der Waals surface area contributed by atoms with Crippen LogP contribution in [0, 0.1) is 11.8 Å². The lowest BCUT2D eigenvalue weighted by Crippen LogP contribution is -2.48. The average molecular weight is 294 g/mol. The molecule has 2 rings (SSSR count). The minimum Gasteiger partial charge on any atom is -0.348 e. The Morgan fingerprint density at radius 1 is 0.905 bits per heavy atom. The van der Waals surface area contributed by atoms with Crippen molar-refractivity contribution in [1.29, 1.82) is 0 Å². The number of carbonyl (C=O) groups is 2. The maximum atomic E-state index is 11.9. The smallest absolute Gasteiger partial charge is 0.309 e. The number of amides is 2. The van der Waals surface area contributed by atoms with Crippen molar-refractivity contribution in [3.05, 3.63) is 0 Å². The van der Waals surface area contributed by atoms with Gasteiger partial charge in [-0.15, -0.1) is 0 Å². The zero-order valence-corrected chi connectivity index (χ0v) is 13.3. The number of hydrogen-bond acceptors (Lipinski definition) is 2. The second-order valence-corrected chi connectivity index (χ2v) is 6.89. The number of rotatable bonds is 4. The van der Waals surface area contributed by atoms with Crippen LogP contribution in [-0.2, 0) is 9.59 Å². The molecule has 2 aliphatic carbocycles.